The third-order valence-electron chi connectivity index (χ3n) is 18.9. The molecule has 1 saturated heterocycles. The van der Waals surface area contributed by atoms with Gasteiger partial charge in [-0.15, -0.1) is 11.8 Å². The van der Waals surface area contributed by atoms with Crippen LogP contribution in [0.1, 0.15) is 193 Å². The number of aromatic hydroxyl groups is 1. The number of hydrogen-bond donors (Lipinski definition) is 17. The summed E-state index contributed by atoms with van der Waals surface area (Å²) in [5, 5.41) is 56.6. The first-order valence-corrected chi connectivity index (χ1v) is 43.7. The molecule has 0 bridgehead atoms. The fourth-order valence-electron chi connectivity index (χ4n) is 12.0. The van der Waals surface area contributed by atoms with Gasteiger partial charge in [0.05, 0.1) is 78.1 Å². The largest absolute Gasteiger partial charge is 0.508 e. The molecule has 0 saturated carbocycles. The van der Waals surface area contributed by atoms with Gasteiger partial charge in [-0.25, -0.2) is 4.79 Å². The van der Waals surface area contributed by atoms with Gasteiger partial charge in [0.2, 0.25) is 88.6 Å². The lowest BCUT2D eigenvalue weighted by atomic mass is 9.96. The Kier molecular flexibility index (Phi) is 58.1. The van der Waals surface area contributed by atoms with Gasteiger partial charge in [-0.1, -0.05) is 109 Å². The van der Waals surface area contributed by atoms with Gasteiger partial charge in [0, 0.05) is 83.1 Å². The van der Waals surface area contributed by atoms with Crippen molar-refractivity contribution in [3.05, 3.63) is 29.8 Å². The summed E-state index contributed by atoms with van der Waals surface area (Å²) in [5.41, 5.74) is 16.8. The number of ether oxygens (including phenoxy) is 4. The molecule has 0 aliphatic carbocycles. The molecule has 0 aromatic heterocycles. The molecule has 1 aliphatic heterocycles. The number of benzene rings is 1. The number of nitrogens with one attached hydrogen (secondary N) is 11. The predicted molar refractivity (Wildman–Crippen MR) is 445 cm³/mol. The van der Waals surface area contributed by atoms with E-state index in [4.69, 9.17) is 41.3 Å². The van der Waals surface area contributed by atoms with Gasteiger partial charge in [-0.05, 0) is 74.3 Å². The van der Waals surface area contributed by atoms with Crippen molar-refractivity contribution in [2.24, 2.45) is 23.1 Å². The topological polar surface area (TPSA) is 601 Å². The number of amides is 15. The molecule has 1 aromatic carbocycles. The molecule has 0 spiro atoms. The summed E-state index contributed by atoms with van der Waals surface area (Å²) in [5.74, 6) is -14.3. The molecule has 39 nitrogen and oxygen atoms in total. The van der Waals surface area contributed by atoms with Gasteiger partial charge in [0.25, 0.3) is 0 Å². The molecule has 0 unspecified atom stereocenters. The summed E-state index contributed by atoms with van der Waals surface area (Å²) in [4.78, 5) is 220. The molecule has 0 radical (unpaired) electrons. The normalized spacial score (nSPS) is 17.0. The summed E-state index contributed by atoms with van der Waals surface area (Å²) in [6.45, 7) is 3.94. The maximum atomic E-state index is 14.1. The molecule has 15 amide bonds. The number of carbonyl (C=O) groups excluding carboxylic acids is 15. The van der Waals surface area contributed by atoms with E-state index in [-0.39, 0.29) is 164 Å². The van der Waals surface area contributed by atoms with Crippen LogP contribution in [-0.4, -0.2) is 279 Å². The fraction of sp³-hybridized carbons (Fsp3) is 0.709. The van der Waals surface area contributed by atoms with Crippen molar-refractivity contribution in [2.45, 2.75) is 236 Å². The number of unbranched alkanes of at least 4 members (excludes halogenated alkanes) is 14. The average molecular weight is 1740 g/mol. The van der Waals surface area contributed by atoms with Crippen LogP contribution in [0.15, 0.2) is 24.3 Å². The molecule has 120 heavy (non-hydrogen) atoms. The molecule has 1 aliphatic rings. The van der Waals surface area contributed by atoms with Crippen LogP contribution >= 0.6 is 23.5 Å². The summed E-state index contributed by atoms with van der Waals surface area (Å²) in [6.07, 6.45) is 15.4. The molecule has 678 valence electrons. The minimum Gasteiger partial charge on any atom is -0.508 e. The number of carbonyl (C=O) groups is 17. The SMILES string of the molecule is CC[C@H](C)[C@@H]1NC(=O)[C@H](Cc2ccc(O)cc2)NC(=O)CCCSC[C@@H](C(=O)NCC(=O)N[C@@H](CSCC(=O)NCCOCCOCCC(=O)NCCOCCOCCC(=O)NCCCC[C@H](NC(=O)CCCCCCCCCCCCCCCCC(=O)O)C(=O)O)C(=O)N(C)CC(N)=O)NC(=O)[C@H](CC(N)=O)NC(=O)[C@H](CCC(N)=O)NC1=O. The molecule has 41 heteroatoms. The minimum absolute atomic E-state index is 0.0552. The van der Waals surface area contributed by atoms with E-state index in [2.05, 4.69) is 58.5 Å². The number of carboxylic acid groups (broad SMARTS) is 2. The van der Waals surface area contributed by atoms with Crippen molar-refractivity contribution < 1.29 is 116 Å². The van der Waals surface area contributed by atoms with Gasteiger partial charge < -0.3 is 115 Å². The lowest BCUT2D eigenvalue weighted by molar-refractivity contribution is -0.142. The third kappa shape index (κ3) is 53.3. The molecule has 1 heterocycles. The maximum absolute atomic E-state index is 14.1. The van der Waals surface area contributed by atoms with Gasteiger partial charge in [-0.2, -0.15) is 11.8 Å². The zero-order valence-corrected chi connectivity index (χ0v) is 71.3. The molecular formula is C79H131N15O24S2. The quantitative estimate of drug-likeness (QED) is 0.0369. The van der Waals surface area contributed by atoms with Crippen LogP contribution < -0.4 is 75.7 Å². The lowest BCUT2D eigenvalue weighted by Gasteiger charge is -2.29. The van der Waals surface area contributed by atoms with Crippen LogP contribution in [0.3, 0.4) is 0 Å². The number of likely N-dealkylation sites (N-methyl/N-ethyl adjacent to an activating group) is 1. The molecule has 1 fully saturated rings. The Bertz CT molecular complexity index is 3350. The van der Waals surface area contributed by atoms with Gasteiger partial charge in [0.1, 0.15) is 48.0 Å². The second-order valence-corrected chi connectivity index (χ2v) is 31.4. The molecule has 8 atom stereocenters. The highest BCUT2D eigenvalue weighted by Gasteiger charge is 2.36. The van der Waals surface area contributed by atoms with Crippen LogP contribution in [0.4, 0.5) is 0 Å². The Morgan fingerprint density at radius 1 is 0.542 bits per heavy atom. The standard InChI is InChI=1S/C79H131N15O24S2/c1-4-53(2)72-77(111)90-56(30-31-62(80)96)74(108)91-59(47-63(81)97)75(109)92-60(50-119-45-21-24-68(102)88-58(76(110)93-72)46-54-26-28-55(95)29-27-54)73(107)86-48-69(103)89-61(78(112)94(3)49-64(82)98)51-120-52-70(104)85-36-40-118-44-42-116-38-33-66(100)84-35-39-117-43-41-115-37-32-65(99)83-34-20-19-22-57(79(113)114)87-67(101)23-17-15-13-11-9-7-5-6-8-10-12-14-16-18-25-71(105)106/h26-29,53,56-61,72,95H,4-25,30-52H2,1-3H3,(H2,80,96)(H2,81,97)(H2,82,98)(H,83,99)(H,84,100)(H,85,104)(H,86,107)(H,87,101)(H,88,102)(H,89,103)(H,90,111)(H,91,108)(H,92,109)(H,93,110)(H,105,106)(H,113,114)/t53-,56-,57-,58-,59-,60-,61-,72-/m0/s1. The van der Waals surface area contributed by atoms with E-state index in [9.17, 15) is 91.7 Å². The number of phenols is 1. The molecule has 20 N–H and O–H groups in total. The Morgan fingerprint density at radius 3 is 1.62 bits per heavy atom. The average Bonchev–Trinajstić information content (AvgIpc) is 0.720. The number of phenolic OH excluding ortho intramolecular Hbond substituents is 1. The van der Waals surface area contributed by atoms with E-state index in [1.54, 1.807) is 13.8 Å². The number of nitrogens with two attached hydrogens (primary N) is 3. The van der Waals surface area contributed by atoms with Crippen molar-refractivity contribution in [1.82, 2.24) is 63.4 Å². The van der Waals surface area contributed by atoms with E-state index < -0.39 is 163 Å². The predicted octanol–water partition coefficient (Wildman–Crippen LogP) is -0.388. The number of hydrogen-bond acceptors (Lipinski definition) is 24. The van der Waals surface area contributed by atoms with Crippen LogP contribution in [-0.2, 0) is 107 Å². The molecule has 1 aromatic rings. The van der Waals surface area contributed by atoms with Crippen molar-refractivity contribution >= 4 is 124 Å². The van der Waals surface area contributed by atoms with Crippen LogP contribution in [0, 0.1) is 5.92 Å². The van der Waals surface area contributed by atoms with Crippen LogP contribution in [0.2, 0.25) is 0 Å². The van der Waals surface area contributed by atoms with Gasteiger partial charge >= 0.3 is 11.9 Å². The van der Waals surface area contributed by atoms with Crippen molar-refractivity contribution in [3.63, 3.8) is 0 Å². The highest BCUT2D eigenvalue weighted by atomic mass is 32.2. The zero-order chi connectivity index (χ0) is 88.8. The Morgan fingerprint density at radius 2 is 1.07 bits per heavy atom. The molecular weight excluding hydrogens is 1610 g/mol. The highest BCUT2D eigenvalue weighted by molar-refractivity contribution is 8.00. The van der Waals surface area contributed by atoms with Crippen molar-refractivity contribution in [2.75, 3.05) is 116 Å². The van der Waals surface area contributed by atoms with E-state index >= 15 is 0 Å². The van der Waals surface area contributed by atoms with Gasteiger partial charge in [0.15, 0.2) is 0 Å². The summed E-state index contributed by atoms with van der Waals surface area (Å²) >= 11 is 2.01. The van der Waals surface area contributed by atoms with Crippen LogP contribution in [0.25, 0.3) is 0 Å². The summed E-state index contributed by atoms with van der Waals surface area (Å²) < 4.78 is 22.0. The number of nitrogens with zero attached hydrogens (tertiary/aromatic N) is 1. The van der Waals surface area contributed by atoms with E-state index in [1.165, 1.54) is 63.4 Å². The highest BCUT2D eigenvalue weighted by Crippen LogP contribution is 2.18. The Hall–Kier alpha value is -9.45. The number of carboxylic acids is 2. The smallest absolute Gasteiger partial charge is 0.326 e. The number of thioether (sulfide) groups is 2. The second kappa shape index (κ2) is 65.3. The van der Waals surface area contributed by atoms with E-state index in [0.717, 1.165) is 79.8 Å². The first-order valence-electron chi connectivity index (χ1n) is 41.3. The maximum Gasteiger partial charge on any atom is 0.326 e. The first-order chi connectivity index (χ1) is 57.4. The fourth-order valence-corrected chi connectivity index (χ4v) is 13.8. The monoisotopic (exact) mass is 1740 g/mol. The number of rotatable bonds is 62. The Balaban J connectivity index is 1.76. The zero-order valence-electron chi connectivity index (χ0n) is 69.7. The molecule has 2 rings (SSSR count). The Labute approximate surface area is 710 Å². The van der Waals surface area contributed by atoms with E-state index in [1.807, 2.05) is 0 Å². The van der Waals surface area contributed by atoms with Gasteiger partial charge in [-0.3, -0.25) is 76.7 Å². The minimum atomic E-state index is -1.81. The lowest BCUT2D eigenvalue weighted by Crippen LogP contribution is -2.61. The number of primary amides is 3. The third-order valence-corrected chi connectivity index (χ3v) is 21.1. The summed E-state index contributed by atoms with van der Waals surface area (Å²) in [6, 6.07) is -4.12. The van der Waals surface area contributed by atoms with E-state index in [0.29, 0.717) is 37.8 Å². The first kappa shape index (κ1) is 107. The van der Waals surface area contributed by atoms with Crippen LogP contribution in [0.5, 0.6) is 5.75 Å². The summed E-state index contributed by atoms with van der Waals surface area (Å²) in [7, 11) is 1.25. The van der Waals surface area contributed by atoms with Crippen molar-refractivity contribution in [1.29, 1.82) is 0 Å². The number of aliphatic carboxylic acids is 2. The van der Waals surface area contributed by atoms with Crippen molar-refractivity contribution in [3.8, 4) is 5.75 Å². The second-order valence-electron chi connectivity index (χ2n) is 29.2.